The van der Waals surface area contributed by atoms with Gasteiger partial charge in [0.25, 0.3) is 5.91 Å². The van der Waals surface area contributed by atoms with Crippen molar-refractivity contribution in [3.63, 3.8) is 0 Å². The summed E-state index contributed by atoms with van der Waals surface area (Å²) >= 11 is 1.24. The molecule has 0 saturated heterocycles. The standard InChI is InChI=1S/C12H16N4O3S2/c1-16(2)21(18,19)7-6-15-12(17)11-9(13)10-8(20-11)4-3-5-14-10/h3-5H,6-7,13H2,1-2H3,(H,15,17). The highest BCUT2D eigenvalue weighted by Gasteiger charge is 2.18. The summed E-state index contributed by atoms with van der Waals surface area (Å²) in [6, 6.07) is 3.60. The van der Waals surface area contributed by atoms with E-state index in [1.807, 2.05) is 6.07 Å². The molecule has 0 atom stereocenters. The van der Waals surface area contributed by atoms with Crippen LogP contribution in [0.3, 0.4) is 0 Å². The Balaban J connectivity index is 2.08. The number of thiophene rings is 1. The zero-order valence-corrected chi connectivity index (χ0v) is 13.3. The molecule has 0 bridgehead atoms. The molecule has 0 aliphatic heterocycles. The van der Waals surface area contributed by atoms with Gasteiger partial charge in [-0.1, -0.05) is 0 Å². The molecule has 0 fully saturated rings. The second-order valence-corrected chi connectivity index (χ2v) is 7.90. The summed E-state index contributed by atoms with van der Waals surface area (Å²) in [5.74, 6) is -0.543. The van der Waals surface area contributed by atoms with Crippen LogP contribution in [0.1, 0.15) is 9.67 Å². The van der Waals surface area contributed by atoms with Crippen LogP contribution in [0, 0.1) is 0 Å². The number of carbonyl (C=O) groups excluding carboxylic acids is 1. The molecule has 0 saturated carbocycles. The van der Waals surface area contributed by atoms with E-state index in [0.29, 0.717) is 16.1 Å². The maximum absolute atomic E-state index is 12.1. The summed E-state index contributed by atoms with van der Waals surface area (Å²) in [6.07, 6.45) is 1.61. The average Bonchev–Trinajstić information content (AvgIpc) is 2.76. The number of amides is 1. The van der Waals surface area contributed by atoms with Gasteiger partial charge in [0.05, 0.1) is 16.1 Å². The summed E-state index contributed by atoms with van der Waals surface area (Å²) in [5, 5.41) is 2.57. The van der Waals surface area contributed by atoms with Gasteiger partial charge in [0.15, 0.2) is 0 Å². The normalized spacial score (nSPS) is 12.0. The molecule has 0 aromatic carbocycles. The largest absolute Gasteiger partial charge is 0.396 e. The van der Waals surface area contributed by atoms with Crippen molar-refractivity contribution in [3.8, 4) is 0 Å². The first-order valence-electron chi connectivity index (χ1n) is 6.14. The van der Waals surface area contributed by atoms with Crippen LogP contribution in [0.15, 0.2) is 18.3 Å². The Labute approximate surface area is 126 Å². The Morgan fingerprint density at radius 2 is 2.19 bits per heavy atom. The number of aromatic nitrogens is 1. The molecular formula is C12H16N4O3S2. The minimum Gasteiger partial charge on any atom is -0.396 e. The summed E-state index contributed by atoms with van der Waals surface area (Å²) < 4.78 is 25.1. The van der Waals surface area contributed by atoms with Gasteiger partial charge in [0.2, 0.25) is 10.0 Å². The van der Waals surface area contributed by atoms with Crippen molar-refractivity contribution in [3.05, 3.63) is 23.2 Å². The summed E-state index contributed by atoms with van der Waals surface area (Å²) in [6.45, 7) is 0.0282. The third-order valence-corrected chi connectivity index (χ3v) is 5.88. The fourth-order valence-electron chi connectivity index (χ4n) is 1.67. The number of rotatable bonds is 5. The van der Waals surface area contributed by atoms with Gasteiger partial charge in [-0.25, -0.2) is 12.7 Å². The second-order valence-electron chi connectivity index (χ2n) is 4.55. The van der Waals surface area contributed by atoms with Crippen molar-refractivity contribution < 1.29 is 13.2 Å². The van der Waals surface area contributed by atoms with Crippen LogP contribution in [0.5, 0.6) is 0 Å². The van der Waals surface area contributed by atoms with Crippen molar-refractivity contribution in [2.24, 2.45) is 0 Å². The summed E-state index contributed by atoms with van der Waals surface area (Å²) in [4.78, 5) is 16.6. The maximum atomic E-state index is 12.1. The minimum absolute atomic E-state index is 0.0282. The number of nitrogen functional groups attached to an aromatic ring is 1. The molecule has 0 unspecified atom stereocenters. The van der Waals surface area contributed by atoms with E-state index in [-0.39, 0.29) is 18.2 Å². The number of sulfonamides is 1. The molecule has 0 aliphatic rings. The molecule has 7 nitrogen and oxygen atoms in total. The number of nitrogens with two attached hydrogens (primary N) is 1. The Morgan fingerprint density at radius 3 is 2.81 bits per heavy atom. The molecule has 0 spiro atoms. The maximum Gasteiger partial charge on any atom is 0.263 e. The van der Waals surface area contributed by atoms with Crippen molar-refractivity contribution in [1.29, 1.82) is 0 Å². The molecule has 9 heteroatoms. The van der Waals surface area contributed by atoms with Crippen LogP contribution in [-0.2, 0) is 10.0 Å². The SMILES string of the molecule is CN(C)S(=O)(=O)CCNC(=O)c1sc2cccnc2c1N. The highest BCUT2D eigenvalue weighted by molar-refractivity contribution is 7.89. The van der Waals surface area contributed by atoms with E-state index in [2.05, 4.69) is 10.3 Å². The first-order valence-corrected chi connectivity index (χ1v) is 8.57. The van der Waals surface area contributed by atoms with E-state index < -0.39 is 10.0 Å². The zero-order valence-electron chi connectivity index (χ0n) is 11.7. The quantitative estimate of drug-likeness (QED) is 0.831. The Hall–Kier alpha value is -1.71. The van der Waals surface area contributed by atoms with Gasteiger partial charge >= 0.3 is 0 Å². The van der Waals surface area contributed by atoms with Crippen LogP contribution in [0.25, 0.3) is 10.2 Å². The molecule has 21 heavy (non-hydrogen) atoms. The number of hydrogen-bond donors (Lipinski definition) is 2. The van der Waals surface area contributed by atoms with E-state index in [9.17, 15) is 13.2 Å². The van der Waals surface area contributed by atoms with Gasteiger partial charge in [-0.15, -0.1) is 11.3 Å². The van der Waals surface area contributed by atoms with E-state index in [4.69, 9.17) is 5.73 Å². The van der Waals surface area contributed by atoms with Crippen molar-refractivity contribution in [1.82, 2.24) is 14.6 Å². The monoisotopic (exact) mass is 328 g/mol. The number of nitrogens with one attached hydrogen (secondary N) is 1. The number of nitrogens with zero attached hydrogens (tertiary/aromatic N) is 2. The molecule has 0 radical (unpaired) electrons. The van der Waals surface area contributed by atoms with Gasteiger partial charge < -0.3 is 11.1 Å². The van der Waals surface area contributed by atoms with Gasteiger partial charge in [0.1, 0.15) is 10.4 Å². The van der Waals surface area contributed by atoms with E-state index in [1.165, 1.54) is 25.4 Å². The zero-order chi connectivity index (χ0) is 15.6. The highest BCUT2D eigenvalue weighted by Crippen LogP contribution is 2.31. The van der Waals surface area contributed by atoms with Crippen LogP contribution in [-0.4, -0.2) is 50.0 Å². The minimum atomic E-state index is -3.33. The predicted molar refractivity (Wildman–Crippen MR) is 83.8 cm³/mol. The smallest absolute Gasteiger partial charge is 0.263 e. The summed E-state index contributed by atoms with van der Waals surface area (Å²) in [5.41, 5.74) is 6.82. The molecule has 0 aliphatic carbocycles. The fraction of sp³-hybridized carbons (Fsp3) is 0.333. The van der Waals surface area contributed by atoms with Crippen molar-refractivity contribution in [2.75, 3.05) is 32.1 Å². The number of fused-ring (bicyclic) bond motifs is 1. The van der Waals surface area contributed by atoms with Crippen LogP contribution < -0.4 is 11.1 Å². The second kappa shape index (κ2) is 5.96. The molecular weight excluding hydrogens is 312 g/mol. The van der Waals surface area contributed by atoms with Gasteiger partial charge in [0, 0.05) is 26.8 Å². The van der Waals surface area contributed by atoms with E-state index in [0.717, 1.165) is 9.01 Å². The van der Waals surface area contributed by atoms with Crippen LogP contribution in [0.4, 0.5) is 5.69 Å². The molecule has 2 aromatic heterocycles. The molecule has 2 rings (SSSR count). The highest BCUT2D eigenvalue weighted by atomic mass is 32.2. The Morgan fingerprint density at radius 1 is 1.48 bits per heavy atom. The average molecular weight is 328 g/mol. The predicted octanol–water partition coefficient (Wildman–Crippen LogP) is 0.500. The lowest BCUT2D eigenvalue weighted by molar-refractivity contribution is 0.0961. The third-order valence-electron chi connectivity index (χ3n) is 2.89. The van der Waals surface area contributed by atoms with Gasteiger partial charge in [-0.05, 0) is 12.1 Å². The third kappa shape index (κ3) is 3.31. The molecule has 2 aromatic rings. The number of pyridine rings is 1. The Bertz CT molecular complexity index is 768. The Kier molecular flexibility index (Phi) is 4.45. The van der Waals surface area contributed by atoms with E-state index >= 15 is 0 Å². The molecule has 2 heterocycles. The lowest BCUT2D eigenvalue weighted by atomic mass is 10.3. The molecule has 1 amide bonds. The number of hydrogen-bond acceptors (Lipinski definition) is 6. The lowest BCUT2D eigenvalue weighted by Crippen LogP contribution is -2.33. The van der Waals surface area contributed by atoms with E-state index in [1.54, 1.807) is 12.3 Å². The van der Waals surface area contributed by atoms with Gasteiger partial charge in [-0.2, -0.15) is 0 Å². The lowest BCUT2D eigenvalue weighted by Gasteiger charge is -2.11. The van der Waals surface area contributed by atoms with Gasteiger partial charge in [-0.3, -0.25) is 9.78 Å². The van der Waals surface area contributed by atoms with Crippen LogP contribution >= 0.6 is 11.3 Å². The van der Waals surface area contributed by atoms with Crippen molar-refractivity contribution in [2.45, 2.75) is 0 Å². The first-order chi connectivity index (χ1) is 9.83. The first kappa shape index (κ1) is 15.7. The molecule has 3 N–H and O–H groups in total. The fourth-order valence-corrected chi connectivity index (χ4v) is 3.40. The molecule has 114 valence electrons. The van der Waals surface area contributed by atoms with Crippen molar-refractivity contribution >= 4 is 43.2 Å². The summed E-state index contributed by atoms with van der Waals surface area (Å²) in [7, 11) is -0.430. The number of carbonyl (C=O) groups is 1. The topological polar surface area (TPSA) is 105 Å². The number of anilines is 1. The van der Waals surface area contributed by atoms with Crippen LogP contribution in [0.2, 0.25) is 0 Å².